The van der Waals surface area contributed by atoms with Crippen molar-refractivity contribution >= 4 is 23.2 Å². The Kier molecular flexibility index (Phi) is 6.89. The molecule has 30 heavy (non-hydrogen) atoms. The number of nitrogens with one attached hydrogen (secondary N) is 2. The number of amides is 2. The van der Waals surface area contributed by atoms with Gasteiger partial charge >= 0.3 is 0 Å². The van der Waals surface area contributed by atoms with E-state index in [1.54, 1.807) is 73.8 Å². The molecule has 3 aromatic rings. The molecule has 0 fully saturated rings. The van der Waals surface area contributed by atoms with Gasteiger partial charge in [-0.25, -0.2) is 0 Å². The van der Waals surface area contributed by atoms with Crippen LogP contribution in [-0.4, -0.2) is 32.6 Å². The van der Waals surface area contributed by atoms with Gasteiger partial charge in [0.1, 0.15) is 17.2 Å². The lowest BCUT2D eigenvalue weighted by molar-refractivity contribution is -0.118. The largest absolute Gasteiger partial charge is 0.497 e. The fourth-order valence-electron chi connectivity index (χ4n) is 2.73. The Balaban J connectivity index is 1.65. The van der Waals surface area contributed by atoms with Crippen molar-refractivity contribution in [1.82, 2.24) is 0 Å². The number of para-hydroxylation sites is 3. The number of ether oxygens (including phenoxy) is 3. The topological polar surface area (TPSA) is 85.9 Å². The van der Waals surface area contributed by atoms with Gasteiger partial charge in [0, 0.05) is 0 Å². The summed E-state index contributed by atoms with van der Waals surface area (Å²) in [6.45, 7) is -0.200. The van der Waals surface area contributed by atoms with Gasteiger partial charge in [0.05, 0.1) is 31.2 Å². The van der Waals surface area contributed by atoms with Gasteiger partial charge in [-0.15, -0.1) is 0 Å². The van der Waals surface area contributed by atoms with E-state index in [9.17, 15) is 9.59 Å². The molecule has 2 N–H and O–H groups in total. The SMILES string of the molecule is COc1ccc(OCC(=O)Nc2ccccc2C(=O)Nc2ccccc2OC)cc1. The Bertz CT molecular complexity index is 1020. The Morgan fingerprint density at radius 2 is 1.37 bits per heavy atom. The van der Waals surface area contributed by atoms with Gasteiger partial charge in [-0.2, -0.15) is 0 Å². The predicted octanol–water partition coefficient (Wildman–Crippen LogP) is 3.97. The van der Waals surface area contributed by atoms with Gasteiger partial charge < -0.3 is 24.8 Å². The Hall–Kier alpha value is -4.00. The number of hydrogen-bond donors (Lipinski definition) is 2. The number of carbonyl (C=O) groups is 2. The highest BCUT2D eigenvalue weighted by Gasteiger charge is 2.15. The molecule has 0 unspecified atom stereocenters. The maximum atomic E-state index is 12.8. The fraction of sp³-hybridized carbons (Fsp3) is 0.130. The van der Waals surface area contributed by atoms with Crippen LogP contribution >= 0.6 is 0 Å². The monoisotopic (exact) mass is 406 g/mol. The minimum atomic E-state index is -0.386. The third-order valence-corrected chi connectivity index (χ3v) is 4.23. The van der Waals surface area contributed by atoms with Crippen LogP contribution in [-0.2, 0) is 4.79 Å². The molecule has 3 aromatic carbocycles. The molecule has 0 aliphatic rings. The van der Waals surface area contributed by atoms with Crippen molar-refractivity contribution in [3.63, 3.8) is 0 Å². The van der Waals surface area contributed by atoms with Crippen LogP contribution in [0.15, 0.2) is 72.8 Å². The van der Waals surface area contributed by atoms with E-state index in [-0.39, 0.29) is 18.4 Å². The van der Waals surface area contributed by atoms with Crippen LogP contribution in [0.1, 0.15) is 10.4 Å². The summed E-state index contributed by atoms with van der Waals surface area (Å²) in [5, 5.41) is 5.52. The van der Waals surface area contributed by atoms with E-state index < -0.39 is 0 Å². The van der Waals surface area contributed by atoms with Gasteiger partial charge in [0.2, 0.25) is 0 Å². The molecule has 0 heterocycles. The maximum absolute atomic E-state index is 12.8. The first kappa shape index (κ1) is 20.7. The van der Waals surface area contributed by atoms with Crippen molar-refractivity contribution < 1.29 is 23.8 Å². The molecule has 0 saturated heterocycles. The van der Waals surface area contributed by atoms with Gasteiger partial charge in [0.25, 0.3) is 11.8 Å². The van der Waals surface area contributed by atoms with Crippen molar-refractivity contribution in [1.29, 1.82) is 0 Å². The summed E-state index contributed by atoms with van der Waals surface area (Å²) in [5.74, 6) is 1.02. The van der Waals surface area contributed by atoms with E-state index in [2.05, 4.69) is 10.6 Å². The van der Waals surface area contributed by atoms with E-state index in [1.807, 2.05) is 6.07 Å². The molecule has 154 valence electrons. The molecular weight excluding hydrogens is 384 g/mol. The summed E-state index contributed by atoms with van der Waals surface area (Å²) < 4.78 is 15.8. The Morgan fingerprint density at radius 1 is 0.733 bits per heavy atom. The van der Waals surface area contributed by atoms with Gasteiger partial charge in [-0.3, -0.25) is 9.59 Å². The smallest absolute Gasteiger partial charge is 0.262 e. The normalized spacial score (nSPS) is 10.1. The lowest BCUT2D eigenvalue weighted by Crippen LogP contribution is -2.22. The van der Waals surface area contributed by atoms with Crippen molar-refractivity contribution in [2.45, 2.75) is 0 Å². The second-order valence-corrected chi connectivity index (χ2v) is 6.21. The van der Waals surface area contributed by atoms with E-state index in [0.29, 0.717) is 34.2 Å². The number of carbonyl (C=O) groups excluding carboxylic acids is 2. The standard InChI is InChI=1S/C23H22N2O5/c1-28-16-11-13-17(14-12-16)30-15-22(26)24-19-8-4-3-7-18(19)23(27)25-20-9-5-6-10-21(20)29-2/h3-14H,15H2,1-2H3,(H,24,26)(H,25,27). The zero-order chi connectivity index (χ0) is 21.3. The summed E-state index contributed by atoms with van der Waals surface area (Å²) in [6, 6.07) is 20.7. The number of hydrogen-bond acceptors (Lipinski definition) is 5. The third kappa shape index (κ3) is 5.29. The highest BCUT2D eigenvalue weighted by atomic mass is 16.5. The maximum Gasteiger partial charge on any atom is 0.262 e. The average Bonchev–Trinajstić information content (AvgIpc) is 2.78. The van der Waals surface area contributed by atoms with Crippen LogP contribution in [0.3, 0.4) is 0 Å². The van der Waals surface area contributed by atoms with Gasteiger partial charge in [0.15, 0.2) is 6.61 Å². The summed E-state index contributed by atoms with van der Waals surface area (Å²) in [7, 11) is 3.10. The zero-order valence-electron chi connectivity index (χ0n) is 16.7. The predicted molar refractivity (Wildman–Crippen MR) is 115 cm³/mol. The van der Waals surface area contributed by atoms with E-state index in [4.69, 9.17) is 14.2 Å². The Morgan fingerprint density at radius 3 is 2.07 bits per heavy atom. The summed E-state index contributed by atoms with van der Waals surface area (Å²) >= 11 is 0. The molecule has 0 aliphatic carbocycles. The molecule has 0 bridgehead atoms. The quantitative estimate of drug-likeness (QED) is 0.591. The lowest BCUT2D eigenvalue weighted by Gasteiger charge is -2.13. The van der Waals surface area contributed by atoms with Crippen molar-refractivity contribution in [3.8, 4) is 17.2 Å². The summed E-state index contributed by atoms with van der Waals surface area (Å²) in [4.78, 5) is 25.1. The van der Waals surface area contributed by atoms with E-state index in [0.717, 1.165) is 0 Å². The third-order valence-electron chi connectivity index (χ3n) is 4.23. The summed E-state index contributed by atoms with van der Waals surface area (Å²) in [6.07, 6.45) is 0. The molecule has 0 atom stereocenters. The first-order valence-corrected chi connectivity index (χ1v) is 9.21. The van der Waals surface area contributed by atoms with Crippen molar-refractivity contribution in [2.75, 3.05) is 31.5 Å². The van der Waals surface area contributed by atoms with Crippen LogP contribution in [0.2, 0.25) is 0 Å². The van der Waals surface area contributed by atoms with Crippen LogP contribution in [0.25, 0.3) is 0 Å². The molecule has 0 radical (unpaired) electrons. The number of methoxy groups -OCH3 is 2. The van der Waals surface area contributed by atoms with Crippen LogP contribution in [0.4, 0.5) is 11.4 Å². The van der Waals surface area contributed by atoms with Gasteiger partial charge in [-0.05, 0) is 48.5 Å². The number of rotatable bonds is 8. The van der Waals surface area contributed by atoms with Crippen LogP contribution < -0.4 is 24.8 Å². The minimum absolute atomic E-state index is 0.200. The van der Waals surface area contributed by atoms with Crippen LogP contribution in [0.5, 0.6) is 17.2 Å². The van der Waals surface area contributed by atoms with Crippen molar-refractivity contribution in [2.24, 2.45) is 0 Å². The molecule has 0 aromatic heterocycles. The molecular formula is C23H22N2O5. The highest BCUT2D eigenvalue weighted by Crippen LogP contribution is 2.25. The Labute approximate surface area is 174 Å². The lowest BCUT2D eigenvalue weighted by atomic mass is 10.1. The second kappa shape index (κ2) is 9.97. The number of anilines is 2. The first-order valence-electron chi connectivity index (χ1n) is 9.21. The molecule has 0 spiro atoms. The highest BCUT2D eigenvalue weighted by molar-refractivity contribution is 6.10. The minimum Gasteiger partial charge on any atom is -0.497 e. The number of benzene rings is 3. The molecule has 7 heteroatoms. The molecule has 0 aliphatic heterocycles. The fourth-order valence-corrected chi connectivity index (χ4v) is 2.73. The molecule has 0 saturated carbocycles. The molecule has 7 nitrogen and oxygen atoms in total. The van der Waals surface area contributed by atoms with Crippen molar-refractivity contribution in [3.05, 3.63) is 78.4 Å². The molecule has 3 rings (SSSR count). The second-order valence-electron chi connectivity index (χ2n) is 6.21. The van der Waals surface area contributed by atoms with E-state index >= 15 is 0 Å². The summed E-state index contributed by atoms with van der Waals surface area (Å²) in [5.41, 5.74) is 1.24. The van der Waals surface area contributed by atoms with E-state index in [1.165, 1.54) is 7.11 Å². The first-order chi connectivity index (χ1) is 14.6. The average molecular weight is 406 g/mol. The van der Waals surface area contributed by atoms with Crippen LogP contribution in [0, 0.1) is 0 Å². The zero-order valence-corrected chi connectivity index (χ0v) is 16.7. The molecule has 2 amide bonds. The van der Waals surface area contributed by atoms with Gasteiger partial charge in [-0.1, -0.05) is 24.3 Å².